The molecule has 39 heavy (non-hydrogen) atoms. The van der Waals surface area contributed by atoms with Crippen LogP contribution in [0.25, 0.3) is 0 Å². The third kappa shape index (κ3) is 5.27. The highest BCUT2D eigenvalue weighted by atomic mass is 16.4. The molecule has 1 amide bonds. The van der Waals surface area contributed by atoms with Gasteiger partial charge in [0.05, 0.1) is 23.9 Å². The lowest BCUT2D eigenvalue weighted by Gasteiger charge is -2.40. The van der Waals surface area contributed by atoms with E-state index in [1.165, 1.54) is 6.39 Å². The molecule has 0 spiro atoms. The van der Waals surface area contributed by atoms with E-state index in [0.717, 1.165) is 54.0 Å². The van der Waals surface area contributed by atoms with Crippen LogP contribution < -0.4 is 15.1 Å². The van der Waals surface area contributed by atoms with Crippen molar-refractivity contribution in [2.24, 2.45) is 0 Å². The van der Waals surface area contributed by atoms with Crippen molar-refractivity contribution >= 4 is 23.3 Å². The number of hydrogen-bond acceptors (Lipinski definition) is 9. The maximum atomic E-state index is 13.8. The van der Waals surface area contributed by atoms with Crippen molar-refractivity contribution in [1.82, 2.24) is 15.1 Å². The number of hydrogen-bond donors (Lipinski definition) is 2. The molecule has 2 aliphatic heterocycles. The molecule has 10 heteroatoms. The van der Waals surface area contributed by atoms with Crippen LogP contribution in [-0.2, 0) is 0 Å². The standard InChI is InChI=1S/C29H35N7O3/c1-19-14-20(2)27(32-23-8-10-34(11-9-23)25-7-5-4-6-22(25)15-30)21(3)26(19)28(38)35-12-13-36(24(16-35)17-37)29-33-31-18-39-29/h4-7,14,18,23-24,32,37H,8-13,16-17H2,1-3H3/t24-/m0/s1. The van der Waals surface area contributed by atoms with Gasteiger partial charge in [-0.15, -0.1) is 5.10 Å². The number of aliphatic hydroxyl groups excluding tert-OH is 1. The Kier molecular flexibility index (Phi) is 7.70. The Morgan fingerprint density at radius 1 is 1.15 bits per heavy atom. The van der Waals surface area contributed by atoms with Gasteiger partial charge in [0, 0.05) is 50.0 Å². The number of nitriles is 1. The molecule has 3 heterocycles. The van der Waals surface area contributed by atoms with Crippen molar-refractivity contribution in [3.63, 3.8) is 0 Å². The minimum Gasteiger partial charge on any atom is -0.411 e. The van der Waals surface area contributed by atoms with E-state index in [4.69, 9.17) is 4.42 Å². The predicted molar refractivity (Wildman–Crippen MR) is 149 cm³/mol. The number of carbonyl (C=O) groups excluding carboxylic acids is 1. The van der Waals surface area contributed by atoms with Crippen LogP contribution in [0.2, 0.25) is 0 Å². The van der Waals surface area contributed by atoms with Crippen molar-refractivity contribution in [3.05, 3.63) is 64.5 Å². The number of rotatable bonds is 6. The average Bonchev–Trinajstić information content (AvgIpc) is 3.50. The van der Waals surface area contributed by atoms with Crippen molar-refractivity contribution in [2.45, 2.75) is 45.7 Å². The molecule has 0 bridgehead atoms. The highest BCUT2D eigenvalue weighted by Crippen LogP contribution is 2.32. The van der Waals surface area contributed by atoms with Gasteiger partial charge in [-0.25, -0.2) is 0 Å². The number of nitrogens with zero attached hydrogens (tertiary/aromatic N) is 6. The van der Waals surface area contributed by atoms with Gasteiger partial charge in [0.1, 0.15) is 6.07 Å². The Bertz CT molecular complexity index is 1360. The van der Waals surface area contributed by atoms with Gasteiger partial charge in [-0.2, -0.15) is 5.26 Å². The lowest BCUT2D eigenvalue weighted by molar-refractivity contribution is 0.0693. The quantitative estimate of drug-likeness (QED) is 0.495. The summed E-state index contributed by atoms with van der Waals surface area (Å²) in [5.41, 5.74) is 6.45. The van der Waals surface area contributed by atoms with Gasteiger partial charge in [-0.05, 0) is 62.4 Å². The topological polar surface area (TPSA) is 122 Å². The molecule has 5 rings (SSSR count). The van der Waals surface area contributed by atoms with Crippen LogP contribution in [-0.4, -0.2) is 77.5 Å². The Morgan fingerprint density at radius 3 is 2.62 bits per heavy atom. The first-order valence-electron chi connectivity index (χ1n) is 13.5. The second-order valence-electron chi connectivity index (χ2n) is 10.4. The number of aliphatic hydroxyl groups is 1. The summed E-state index contributed by atoms with van der Waals surface area (Å²) in [5.74, 6) is -0.0281. The van der Waals surface area contributed by atoms with Gasteiger partial charge in [-0.1, -0.05) is 23.3 Å². The summed E-state index contributed by atoms with van der Waals surface area (Å²) in [6.45, 7) is 9.06. The minimum atomic E-state index is -0.317. The van der Waals surface area contributed by atoms with Crippen LogP contribution >= 0.6 is 0 Å². The Hall–Kier alpha value is -4.10. The highest BCUT2D eigenvalue weighted by molar-refractivity contribution is 5.99. The van der Waals surface area contributed by atoms with Crippen LogP contribution in [0, 0.1) is 32.1 Å². The zero-order chi connectivity index (χ0) is 27.5. The summed E-state index contributed by atoms with van der Waals surface area (Å²) in [7, 11) is 0. The van der Waals surface area contributed by atoms with Crippen LogP contribution in [0.15, 0.2) is 41.1 Å². The molecule has 0 unspecified atom stereocenters. The maximum Gasteiger partial charge on any atom is 0.318 e. The molecule has 2 N–H and O–H groups in total. The first-order valence-corrected chi connectivity index (χ1v) is 13.5. The minimum absolute atomic E-state index is 0.0281. The molecule has 1 atom stereocenters. The molecule has 0 saturated carbocycles. The first kappa shape index (κ1) is 26.5. The Balaban J connectivity index is 1.30. The van der Waals surface area contributed by atoms with Gasteiger partial charge in [0.2, 0.25) is 6.39 Å². The second kappa shape index (κ2) is 11.3. The van der Waals surface area contributed by atoms with Gasteiger partial charge in [0.25, 0.3) is 5.91 Å². The van der Waals surface area contributed by atoms with Gasteiger partial charge in [0.15, 0.2) is 0 Å². The van der Waals surface area contributed by atoms with Crippen molar-refractivity contribution < 1.29 is 14.3 Å². The molecule has 10 nitrogen and oxygen atoms in total. The number of amides is 1. The van der Waals surface area contributed by atoms with E-state index >= 15 is 0 Å². The molecule has 2 fully saturated rings. The average molecular weight is 530 g/mol. The van der Waals surface area contributed by atoms with Gasteiger partial charge in [-0.3, -0.25) is 4.79 Å². The number of para-hydroxylation sites is 1. The summed E-state index contributed by atoms with van der Waals surface area (Å²) in [5, 5.41) is 31.0. The molecule has 1 aromatic heterocycles. The van der Waals surface area contributed by atoms with E-state index in [1.807, 2.05) is 47.9 Å². The number of aryl methyl sites for hydroxylation is 2. The number of aromatic nitrogens is 2. The number of piperidine rings is 1. The van der Waals surface area contributed by atoms with Crippen molar-refractivity contribution in [3.8, 4) is 6.07 Å². The molecule has 204 valence electrons. The van der Waals surface area contributed by atoms with Crippen LogP contribution in [0.5, 0.6) is 0 Å². The number of carbonyl (C=O) groups is 1. The SMILES string of the molecule is Cc1cc(C)c(C(=O)N2CCN(c3nnco3)[C@H](CO)C2)c(C)c1NC1CCN(c2ccccc2C#N)CC1. The van der Waals surface area contributed by atoms with E-state index < -0.39 is 0 Å². The van der Waals surface area contributed by atoms with Crippen molar-refractivity contribution in [1.29, 1.82) is 5.26 Å². The first-order chi connectivity index (χ1) is 18.9. The molecule has 2 aliphatic rings. The third-order valence-corrected chi connectivity index (χ3v) is 7.97. The molecular formula is C29H35N7O3. The fourth-order valence-corrected chi connectivity index (χ4v) is 5.95. The fraction of sp³-hybridized carbons (Fsp3) is 0.448. The molecule has 0 radical (unpaired) electrons. The van der Waals surface area contributed by atoms with E-state index in [9.17, 15) is 15.2 Å². The zero-order valence-electron chi connectivity index (χ0n) is 22.7. The maximum absolute atomic E-state index is 13.8. The third-order valence-electron chi connectivity index (χ3n) is 7.97. The van der Waals surface area contributed by atoms with E-state index in [1.54, 1.807) is 0 Å². The smallest absolute Gasteiger partial charge is 0.318 e. The molecular weight excluding hydrogens is 494 g/mol. The zero-order valence-corrected chi connectivity index (χ0v) is 22.7. The summed E-state index contributed by atoms with van der Waals surface area (Å²) in [6.07, 6.45) is 3.14. The number of benzene rings is 2. The van der Waals surface area contributed by atoms with E-state index in [2.05, 4.69) is 39.5 Å². The molecule has 2 saturated heterocycles. The number of piperazine rings is 1. The summed E-state index contributed by atoms with van der Waals surface area (Å²) in [4.78, 5) is 19.8. The highest BCUT2D eigenvalue weighted by Gasteiger charge is 2.33. The lowest BCUT2D eigenvalue weighted by atomic mass is 9.94. The number of nitrogens with one attached hydrogen (secondary N) is 1. The fourth-order valence-electron chi connectivity index (χ4n) is 5.95. The number of anilines is 3. The molecule has 0 aliphatic carbocycles. The molecule has 3 aromatic rings. The summed E-state index contributed by atoms with van der Waals surface area (Å²) in [6, 6.07) is 12.5. The lowest BCUT2D eigenvalue weighted by Crippen LogP contribution is -2.56. The van der Waals surface area contributed by atoms with Crippen LogP contribution in [0.1, 0.15) is 45.5 Å². The van der Waals surface area contributed by atoms with Gasteiger partial charge < -0.3 is 29.5 Å². The predicted octanol–water partition coefficient (Wildman–Crippen LogP) is 3.27. The van der Waals surface area contributed by atoms with E-state index in [-0.39, 0.29) is 24.6 Å². The van der Waals surface area contributed by atoms with Gasteiger partial charge >= 0.3 is 6.01 Å². The van der Waals surface area contributed by atoms with E-state index in [0.29, 0.717) is 36.8 Å². The molecule has 2 aromatic carbocycles. The Morgan fingerprint density at radius 2 is 1.92 bits per heavy atom. The summed E-state index contributed by atoms with van der Waals surface area (Å²) >= 11 is 0. The Labute approximate surface area is 228 Å². The normalized spacial score (nSPS) is 18.2. The largest absolute Gasteiger partial charge is 0.411 e. The van der Waals surface area contributed by atoms with Crippen LogP contribution in [0.4, 0.5) is 17.4 Å². The summed E-state index contributed by atoms with van der Waals surface area (Å²) < 4.78 is 5.33. The van der Waals surface area contributed by atoms with Crippen molar-refractivity contribution in [2.75, 3.05) is 54.4 Å². The second-order valence-corrected chi connectivity index (χ2v) is 10.4. The van der Waals surface area contributed by atoms with Crippen LogP contribution in [0.3, 0.4) is 0 Å². The monoisotopic (exact) mass is 529 g/mol.